The summed E-state index contributed by atoms with van der Waals surface area (Å²) in [5, 5.41) is 0. The lowest BCUT2D eigenvalue weighted by atomic mass is 9.64. The third kappa shape index (κ3) is 1.96. The fourth-order valence-electron chi connectivity index (χ4n) is 6.45. The van der Waals surface area contributed by atoms with E-state index in [1.54, 1.807) is 16.7 Å². The smallest absolute Gasteiger partial charge is 0.00512 e. The van der Waals surface area contributed by atoms with Gasteiger partial charge in [0.15, 0.2) is 0 Å². The van der Waals surface area contributed by atoms with Crippen LogP contribution < -0.4 is 0 Å². The first-order valence-corrected chi connectivity index (χ1v) is 9.40. The summed E-state index contributed by atoms with van der Waals surface area (Å²) in [5.41, 5.74) is 8.70. The Morgan fingerprint density at radius 2 is 1.39 bits per heavy atom. The van der Waals surface area contributed by atoms with Crippen LogP contribution in [0.15, 0.2) is 29.3 Å². The van der Waals surface area contributed by atoms with Crippen molar-refractivity contribution in [2.45, 2.75) is 68.2 Å². The van der Waals surface area contributed by atoms with Crippen molar-refractivity contribution in [2.24, 2.45) is 28.6 Å². The average Bonchev–Trinajstić information content (AvgIpc) is 2.73. The molecule has 0 nitrogen and oxygen atoms in total. The maximum absolute atomic E-state index is 2.56. The molecule has 0 saturated heterocycles. The first-order valence-electron chi connectivity index (χ1n) is 9.40. The molecule has 2 bridgehead atoms. The van der Waals surface area contributed by atoms with Gasteiger partial charge in [-0.15, -0.1) is 0 Å². The summed E-state index contributed by atoms with van der Waals surface area (Å²) in [6.45, 7) is 19.5. The summed E-state index contributed by atoms with van der Waals surface area (Å²) in [5.74, 6) is 2.37. The zero-order chi connectivity index (χ0) is 17.2. The van der Waals surface area contributed by atoms with Crippen LogP contribution in [-0.2, 0) is 6.42 Å². The summed E-state index contributed by atoms with van der Waals surface area (Å²) < 4.78 is 0. The van der Waals surface area contributed by atoms with E-state index in [4.69, 9.17) is 0 Å². The summed E-state index contributed by atoms with van der Waals surface area (Å²) in [7, 11) is 0. The van der Waals surface area contributed by atoms with Crippen LogP contribution in [0.25, 0.3) is 0 Å². The zero-order valence-electron chi connectivity index (χ0n) is 16.4. The lowest BCUT2D eigenvalue weighted by Crippen LogP contribution is -2.32. The van der Waals surface area contributed by atoms with E-state index in [2.05, 4.69) is 73.6 Å². The highest BCUT2D eigenvalue weighted by atomic mass is 14.7. The highest BCUT2D eigenvalue weighted by Gasteiger charge is 2.65. The Bertz CT molecular complexity index is 644. The van der Waals surface area contributed by atoms with E-state index in [0.717, 1.165) is 17.8 Å². The van der Waals surface area contributed by atoms with E-state index < -0.39 is 0 Å². The van der Waals surface area contributed by atoms with Gasteiger partial charge in [-0.25, -0.2) is 0 Å². The molecule has 1 aromatic rings. The molecule has 0 amide bonds. The molecule has 0 aromatic heterocycles. The summed E-state index contributed by atoms with van der Waals surface area (Å²) >= 11 is 0. The van der Waals surface area contributed by atoms with Crippen molar-refractivity contribution in [2.75, 3.05) is 0 Å². The number of fused-ring (bicyclic) bond motifs is 2. The fraction of sp³-hybridized carbons (Fsp3) is 0.652. The predicted molar refractivity (Wildman–Crippen MR) is 101 cm³/mol. The van der Waals surface area contributed by atoms with Crippen molar-refractivity contribution < 1.29 is 0 Å². The molecule has 0 radical (unpaired) electrons. The molecule has 3 rings (SSSR count). The quantitative estimate of drug-likeness (QED) is 0.559. The van der Waals surface area contributed by atoms with Crippen LogP contribution in [0.3, 0.4) is 0 Å². The molecule has 0 spiro atoms. The van der Waals surface area contributed by atoms with Crippen molar-refractivity contribution in [1.82, 2.24) is 0 Å². The molecule has 2 aliphatic rings. The molecular formula is C23H34. The van der Waals surface area contributed by atoms with Crippen LogP contribution in [0, 0.1) is 42.4 Å². The first kappa shape index (κ1) is 16.8. The molecule has 1 saturated carbocycles. The minimum Gasteiger partial charge on any atom is -0.0673 e. The first-order chi connectivity index (χ1) is 10.7. The SMILES string of the molecule is CC1=C(C)C2(C)C(CCc3c(C)cccc3C)C(C)C1(C)C2C. The Morgan fingerprint density at radius 3 is 1.91 bits per heavy atom. The standard InChI is InChI=1S/C23H34/c1-14-10-9-11-15(2)20(14)12-13-21-18(5)22(7)16(3)17(4)23(21,8)19(22)6/h9-11,18-19,21H,12-13H2,1-8H3. The number of aryl methyl sites for hydroxylation is 2. The summed E-state index contributed by atoms with van der Waals surface area (Å²) in [6, 6.07) is 6.73. The van der Waals surface area contributed by atoms with E-state index >= 15 is 0 Å². The van der Waals surface area contributed by atoms with Crippen molar-refractivity contribution in [1.29, 1.82) is 0 Å². The van der Waals surface area contributed by atoms with Crippen molar-refractivity contribution in [3.63, 3.8) is 0 Å². The maximum atomic E-state index is 2.56. The van der Waals surface area contributed by atoms with Gasteiger partial charge in [0.05, 0.1) is 0 Å². The highest BCUT2D eigenvalue weighted by Crippen LogP contribution is 2.72. The zero-order valence-corrected chi connectivity index (χ0v) is 16.4. The normalized spacial score (nSPS) is 39.4. The van der Waals surface area contributed by atoms with Crippen LogP contribution in [0.5, 0.6) is 0 Å². The predicted octanol–water partition coefficient (Wildman–Crippen LogP) is 6.50. The topological polar surface area (TPSA) is 0 Å². The van der Waals surface area contributed by atoms with E-state index in [9.17, 15) is 0 Å². The van der Waals surface area contributed by atoms with Crippen LogP contribution in [0.2, 0.25) is 0 Å². The van der Waals surface area contributed by atoms with Gasteiger partial charge in [-0.2, -0.15) is 0 Å². The largest absolute Gasteiger partial charge is 0.0673 e. The molecule has 5 atom stereocenters. The van der Waals surface area contributed by atoms with Crippen LogP contribution in [-0.4, -0.2) is 0 Å². The lowest BCUT2D eigenvalue weighted by molar-refractivity contribution is 0.191. The Kier molecular flexibility index (Phi) is 3.82. The average molecular weight is 311 g/mol. The molecule has 1 aromatic carbocycles. The fourth-order valence-corrected chi connectivity index (χ4v) is 6.45. The van der Waals surface area contributed by atoms with Gasteiger partial charge < -0.3 is 0 Å². The Balaban J connectivity index is 1.91. The summed E-state index contributed by atoms with van der Waals surface area (Å²) in [6.07, 6.45) is 2.56. The number of hydrogen-bond donors (Lipinski definition) is 0. The van der Waals surface area contributed by atoms with E-state index in [0.29, 0.717) is 10.8 Å². The minimum atomic E-state index is 0.398. The molecular weight excluding hydrogens is 276 g/mol. The number of hydrogen-bond acceptors (Lipinski definition) is 0. The molecule has 0 N–H and O–H groups in total. The van der Waals surface area contributed by atoms with Gasteiger partial charge in [0.1, 0.15) is 0 Å². The molecule has 1 fully saturated rings. The molecule has 23 heavy (non-hydrogen) atoms. The second-order valence-corrected chi connectivity index (χ2v) is 8.84. The minimum absolute atomic E-state index is 0.398. The maximum Gasteiger partial charge on any atom is -0.00512 e. The van der Waals surface area contributed by atoms with Crippen molar-refractivity contribution in [3.05, 3.63) is 46.0 Å². The van der Waals surface area contributed by atoms with Crippen LogP contribution in [0.1, 0.15) is 64.7 Å². The molecule has 2 aliphatic carbocycles. The van der Waals surface area contributed by atoms with Gasteiger partial charge >= 0.3 is 0 Å². The molecule has 5 unspecified atom stereocenters. The van der Waals surface area contributed by atoms with E-state index in [1.165, 1.54) is 24.0 Å². The summed E-state index contributed by atoms with van der Waals surface area (Å²) in [4.78, 5) is 0. The second-order valence-electron chi connectivity index (χ2n) is 8.84. The van der Waals surface area contributed by atoms with Crippen molar-refractivity contribution >= 4 is 0 Å². The number of allylic oxidation sites excluding steroid dienone is 2. The van der Waals surface area contributed by atoms with Gasteiger partial charge in [-0.05, 0) is 85.8 Å². The third-order valence-electron chi connectivity index (χ3n) is 8.65. The van der Waals surface area contributed by atoms with Crippen LogP contribution >= 0.6 is 0 Å². The van der Waals surface area contributed by atoms with Gasteiger partial charge in [0.25, 0.3) is 0 Å². The Labute approximate surface area is 143 Å². The molecule has 0 heteroatoms. The third-order valence-corrected chi connectivity index (χ3v) is 8.65. The highest BCUT2D eigenvalue weighted by molar-refractivity contribution is 5.41. The van der Waals surface area contributed by atoms with Gasteiger partial charge in [-0.3, -0.25) is 0 Å². The van der Waals surface area contributed by atoms with E-state index in [1.807, 2.05) is 0 Å². The van der Waals surface area contributed by atoms with Gasteiger partial charge in [-0.1, -0.05) is 57.0 Å². The molecule has 0 heterocycles. The van der Waals surface area contributed by atoms with Crippen LogP contribution in [0.4, 0.5) is 0 Å². The van der Waals surface area contributed by atoms with Gasteiger partial charge in [0, 0.05) is 0 Å². The Morgan fingerprint density at radius 1 is 0.870 bits per heavy atom. The van der Waals surface area contributed by atoms with Crippen molar-refractivity contribution in [3.8, 4) is 0 Å². The number of benzene rings is 1. The Hall–Kier alpha value is -1.04. The van der Waals surface area contributed by atoms with Gasteiger partial charge in [0.2, 0.25) is 0 Å². The van der Waals surface area contributed by atoms with E-state index in [-0.39, 0.29) is 0 Å². The second kappa shape index (κ2) is 5.23. The molecule has 0 aliphatic heterocycles. The lowest BCUT2D eigenvalue weighted by Gasteiger charge is -2.40. The monoisotopic (exact) mass is 310 g/mol. The number of rotatable bonds is 3. The molecule has 126 valence electrons.